The van der Waals surface area contributed by atoms with Crippen molar-refractivity contribution in [3.63, 3.8) is 0 Å². The first-order valence-corrected chi connectivity index (χ1v) is 7.97. The number of rotatable bonds is 2. The molecule has 2 aliphatic rings. The third-order valence-electron chi connectivity index (χ3n) is 5.27. The number of nitrogens with zero attached hydrogens (tertiary/aromatic N) is 2. The van der Waals surface area contributed by atoms with Gasteiger partial charge in [0.15, 0.2) is 0 Å². The van der Waals surface area contributed by atoms with Gasteiger partial charge >= 0.3 is 12.0 Å². The summed E-state index contributed by atoms with van der Waals surface area (Å²) in [5, 5.41) is 8.98. The highest BCUT2D eigenvalue weighted by Crippen LogP contribution is 2.35. The summed E-state index contributed by atoms with van der Waals surface area (Å²) in [7, 11) is 0. The molecule has 2 saturated heterocycles. The van der Waals surface area contributed by atoms with Gasteiger partial charge in [-0.15, -0.1) is 0 Å². The maximum atomic E-state index is 12.4. The fourth-order valence-electron chi connectivity index (χ4n) is 3.32. The largest absolute Gasteiger partial charge is 0.481 e. The summed E-state index contributed by atoms with van der Waals surface area (Å²) in [6.45, 7) is 11.4. The number of hydrogen-bond acceptors (Lipinski definition) is 2. The van der Waals surface area contributed by atoms with Gasteiger partial charge < -0.3 is 14.9 Å². The second-order valence-electron chi connectivity index (χ2n) is 7.70. The second kappa shape index (κ2) is 5.85. The Labute approximate surface area is 127 Å². The first-order valence-electron chi connectivity index (χ1n) is 7.97. The molecule has 120 valence electrons. The molecule has 2 amide bonds. The second-order valence-corrected chi connectivity index (χ2v) is 7.70. The van der Waals surface area contributed by atoms with Gasteiger partial charge in [-0.1, -0.05) is 27.7 Å². The smallest absolute Gasteiger partial charge is 0.320 e. The lowest BCUT2D eigenvalue weighted by Crippen LogP contribution is -2.58. The van der Waals surface area contributed by atoms with Crippen LogP contribution in [-0.4, -0.2) is 53.1 Å². The Morgan fingerprint density at radius 2 is 1.62 bits per heavy atom. The van der Waals surface area contributed by atoms with Crippen molar-refractivity contribution < 1.29 is 14.7 Å². The van der Waals surface area contributed by atoms with Gasteiger partial charge in [0, 0.05) is 32.1 Å². The van der Waals surface area contributed by atoms with E-state index in [0.717, 1.165) is 25.9 Å². The first-order chi connectivity index (χ1) is 9.70. The van der Waals surface area contributed by atoms with Crippen molar-refractivity contribution >= 4 is 12.0 Å². The molecule has 0 bridgehead atoms. The van der Waals surface area contributed by atoms with E-state index in [1.807, 2.05) is 4.90 Å². The fourth-order valence-corrected chi connectivity index (χ4v) is 3.32. The van der Waals surface area contributed by atoms with Gasteiger partial charge in [0.2, 0.25) is 0 Å². The monoisotopic (exact) mass is 296 g/mol. The fraction of sp³-hybridized carbons (Fsp3) is 0.875. The first kappa shape index (κ1) is 16.1. The van der Waals surface area contributed by atoms with Crippen molar-refractivity contribution in [1.29, 1.82) is 0 Å². The van der Waals surface area contributed by atoms with E-state index in [9.17, 15) is 9.59 Å². The van der Waals surface area contributed by atoms with E-state index in [1.165, 1.54) is 0 Å². The van der Waals surface area contributed by atoms with E-state index in [2.05, 4.69) is 20.8 Å². The molecule has 0 spiro atoms. The Morgan fingerprint density at radius 1 is 1.10 bits per heavy atom. The molecule has 0 aromatic heterocycles. The van der Waals surface area contributed by atoms with E-state index >= 15 is 0 Å². The van der Waals surface area contributed by atoms with Crippen LogP contribution in [0.4, 0.5) is 4.79 Å². The Balaban J connectivity index is 1.78. The molecule has 0 saturated carbocycles. The number of carboxylic acid groups (broad SMARTS) is 1. The summed E-state index contributed by atoms with van der Waals surface area (Å²) in [5.41, 5.74) is 0.313. The predicted molar refractivity (Wildman–Crippen MR) is 81.0 cm³/mol. The molecule has 0 radical (unpaired) electrons. The normalized spacial score (nSPS) is 22.9. The van der Waals surface area contributed by atoms with Gasteiger partial charge in [-0.25, -0.2) is 4.79 Å². The summed E-state index contributed by atoms with van der Waals surface area (Å²) < 4.78 is 0. The van der Waals surface area contributed by atoms with Crippen LogP contribution in [0.5, 0.6) is 0 Å². The van der Waals surface area contributed by atoms with Gasteiger partial charge in [-0.2, -0.15) is 0 Å². The zero-order valence-corrected chi connectivity index (χ0v) is 13.6. The summed E-state index contributed by atoms with van der Waals surface area (Å²) in [5.74, 6) is -0.338. The van der Waals surface area contributed by atoms with E-state index < -0.39 is 5.97 Å². The lowest BCUT2D eigenvalue weighted by atomic mass is 9.75. The maximum absolute atomic E-state index is 12.4. The van der Waals surface area contributed by atoms with Gasteiger partial charge in [-0.3, -0.25) is 4.79 Å². The number of urea groups is 1. The summed E-state index contributed by atoms with van der Waals surface area (Å²) in [6, 6.07) is 0.0937. The number of likely N-dealkylation sites (tertiary alicyclic amines) is 2. The quantitative estimate of drug-likeness (QED) is 0.851. The summed E-state index contributed by atoms with van der Waals surface area (Å²) >= 11 is 0. The highest BCUT2D eigenvalue weighted by Gasteiger charge is 2.40. The van der Waals surface area contributed by atoms with Crippen molar-refractivity contribution in [2.45, 2.75) is 40.5 Å². The minimum absolute atomic E-state index is 0.0937. The van der Waals surface area contributed by atoms with Crippen molar-refractivity contribution in [2.75, 3.05) is 26.2 Å². The molecule has 0 aromatic carbocycles. The number of carboxylic acids is 1. The van der Waals surface area contributed by atoms with Gasteiger partial charge in [0.25, 0.3) is 0 Å². The van der Waals surface area contributed by atoms with E-state index in [4.69, 9.17) is 5.11 Å². The SMILES string of the molecule is CC(C(=O)O)C1CN(C(=O)N2CCC(C(C)(C)C)CC2)C1. The van der Waals surface area contributed by atoms with Crippen molar-refractivity contribution in [2.24, 2.45) is 23.2 Å². The Hall–Kier alpha value is -1.26. The lowest BCUT2D eigenvalue weighted by Gasteiger charge is -2.46. The molecule has 21 heavy (non-hydrogen) atoms. The van der Waals surface area contributed by atoms with Crippen molar-refractivity contribution in [1.82, 2.24) is 9.80 Å². The molecule has 1 N–H and O–H groups in total. The van der Waals surface area contributed by atoms with Crippen LogP contribution in [0.2, 0.25) is 0 Å². The van der Waals surface area contributed by atoms with Crippen molar-refractivity contribution in [3.8, 4) is 0 Å². The van der Waals surface area contributed by atoms with Crippen LogP contribution in [0.15, 0.2) is 0 Å². The van der Waals surface area contributed by atoms with Crippen LogP contribution in [0.3, 0.4) is 0 Å². The topological polar surface area (TPSA) is 60.9 Å². The highest BCUT2D eigenvalue weighted by atomic mass is 16.4. The van der Waals surface area contributed by atoms with Crippen LogP contribution < -0.4 is 0 Å². The molecule has 2 aliphatic heterocycles. The predicted octanol–water partition coefficient (Wildman–Crippen LogP) is 2.52. The number of amides is 2. The molecule has 5 nitrogen and oxygen atoms in total. The molecular weight excluding hydrogens is 268 g/mol. The van der Waals surface area contributed by atoms with Crippen LogP contribution >= 0.6 is 0 Å². The third-order valence-corrected chi connectivity index (χ3v) is 5.27. The standard InChI is InChI=1S/C16H28N2O3/c1-11(14(19)20)12-9-18(10-12)15(21)17-7-5-13(6-8-17)16(2,3)4/h11-13H,5-10H2,1-4H3,(H,19,20). The zero-order valence-electron chi connectivity index (χ0n) is 13.6. The molecule has 0 aromatic rings. The van der Waals surface area contributed by atoms with E-state index in [0.29, 0.717) is 24.4 Å². The van der Waals surface area contributed by atoms with Gasteiger partial charge in [0.1, 0.15) is 0 Å². The maximum Gasteiger partial charge on any atom is 0.320 e. The molecule has 1 unspecified atom stereocenters. The van der Waals surface area contributed by atoms with E-state index in [-0.39, 0.29) is 17.9 Å². The van der Waals surface area contributed by atoms with Crippen LogP contribution in [-0.2, 0) is 4.79 Å². The summed E-state index contributed by atoms with van der Waals surface area (Å²) in [6.07, 6.45) is 2.13. The Bertz CT molecular complexity index is 402. The minimum Gasteiger partial charge on any atom is -0.481 e. The number of aliphatic carboxylic acids is 1. The Kier molecular flexibility index (Phi) is 4.49. The van der Waals surface area contributed by atoms with Crippen LogP contribution in [0, 0.1) is 23.2 Å². The molecule has 2 fully saturated rings. The summed E-state index contributed by atoms with van der Waals surface area (Å²) in [4.78, 5) is 27.0. The van der Waals surface area contributed by atoms with Crippen LogP contribution in [0.1, 0.15) is 40.5 Å². The average molecular weight is 296 g/mol. The lowest BCUT2D eigenvalue weighted by molar-refractivity contribution is -0.144. The third kappa shape index (κ3) is 3.50. The van der Waals surface area contributed by atoms with Crippen LogP contribution in [0.25, 0.3) is 0 Å². The average Bonchev–Trinajstić information content (AvgIpc) is 2.35. The highest BCUT2D eigenvalue weighted by molar-refractivity contribution is 5.76. The molecule has 1 atom stereocenters. The Morgan fingerprint density at radius 3 is 2.05 bits per heavy atom. The molecule has 0 aliphatic carbocycles. The van der Waals surface area contributed by atoms with E-state index in [1.54, 1.807) is 11.8 Å². The number of hydrogen-bond donors (Lipinski definition) is 1. The molecule has 2 rings (SSSR count). The molecule has 5 heteroatoms. The molecule has 2 heterocycles. The van der Waals surface area contributed by atoms with Crippen molar-refractivity contribution in [3.05, 3.63) is 0 Å². The zero-order chi connectivity index (χ0) is 15.8. The number of piperidine rings is 1. The number of carbonyl (C=O) groups is 2. The number of carbonyl (C=O) groups excluding carboxylic acids is 1. The van der Waals surface area contributed by atoms with Gasteiger partial charge in [0.05, 0.1) is 5.92 Å². The minimum atomic E-state index is -0.766. The molecular formula is C16H28N2O3. The van der Waals surface area contributed by atoms with Gasteiger partial charge in [-0.05, 0) is 24.2 Å².